The highest BCUT2D eigenvalue weighted by atomic mass is 16.5. The molecule has 0 unspecified atom stereocenters. The monoisotopic (exact) mass is 379 g/mol. The number of rotatable bonds is 9. The number of carbonyl (C=O) groups is 1. The number of nitrogens with zero attached hydrogens (tertiary/aromatic N) is 2. The second-order valence-electron chi connectivity index (χ2n) is 7.18. The molecule has 0 aliphatic heterocycles. The third-order valence-corrected chi connectivity index (χ3v) is 4.90. The standard InChI is InChI=1S/C23H29N3O2/c1-4-5-6-7-8-9-21(27)25-23-22(18-11-13-19(28-3)14-12-18)24-20-15-10-17(2)16-26(20)23/h10-16H,4-9H2,1-3H3,(H,25,27). The van der Waals surface area contributed by atoms with E-state index in [2.05, 4.69) is 12.2 Å². The van der Waals surface area contributed by atoms with Crippen LogP contribution in [0.25, 0.3) is 16.9 Å². The predicted octanol–water partition coefficient (Wildman–Crippen LogP) is 5.62. The number of benzene rings is 1. The summed E-state index contributed by atoms with van der Waals surface area (Å²) in [5.74, 6) is 1.55. The number of carbonyl (C=O) groups excluding carboxylic acids is 1. The van der Waals surface area contributed by atoms with Gasteiger partial charge in [-0.2, -0.15) is 0 Å². The second-order valence-corrected chi connectivity index (χ2v) is 7.18. The third-order valence-electron chi connectivity index (χ3n) is 4.90. The number of nitrogens with one attached hydrogen (secondary N) is 1. The Morgan fingerprint density at radius 2 is 1.82 bits per heavy atom. The summed E-state index contributed by atoms with van der Waals surface area (Å²) in [6.07, 6.45) is 8.18. The van der Waals surface area contributed by atoms with Crippen LogP contribution in [-0.4, -0.2) is 22.4 Å². The Labute approximate surface area is 166 Å². The lowest BCUT2D eigenvalue weighted by atomic mass is 10.1. The molecule has 1 amide bonds. The predicted molar refractivity (Wildman–Crippen MR) is 114 cm³/mol. The summed E-state index contributed by atoms with van der Waals surface area (Å²) in [6, 6.07) is 11.7. The average Bonchev–Trinajstić information content (AvgIpc) is 3.05. The number of methoxy groups -OCH3 is 1. The number of hydrogen-bond donors (Lipinski definition) is 1. The zero-order valence-corrected chi connectivity index (χ0v) is 17.0. The van der Waals surface area contributed by atoms with Gasteiger partial charge in [0.15, 0.2) is 0 Å². The van der Waals surface area contributed by atoms with Crippen LogP contribution in [0.3, 0.4) is 0 Å². The molecular formula is C23H29N3O2. The first-order valence-corrected chi connectivity index (χ1v) is 10.1. The first kappa shape index (κ1) is 19.9. The minimum absolute atomic E-state index is 0.0366. The zero-order valence-electron chi connectivity index (χ0n) is 17.0. The van der Waals surface area contributed by atoms with Crippen LogP contribution in [-0.2, 0) is 4.79 Å². The molecular weight excluding hydrogens is 350 g/mol. The Kier molecular flexibility index (Phi) is 6.69. The fraction of sp³-hybridized carbons (Fsp3) is 0.391. The van der Waals surface area contributed by atoms with Crippen molar-refractivity contribution in [1.82, 2.24) is 9.38 Å². The molecule has 0 aliphatic carbocycles. The van der Waals surface area contributed by atoms with Crippen molar-refractivity contribution in [3.8, 4) is 17.0 Å². The lowest BCUT2D eigenvalue weighted by molar-refractivity contribution is -0.116. The quantitative estimate of drug-likeness (QED) is 0.491. The van der Waals surface area contributed by atoms with Crippen molar-refractivity contribution in [3.05, 3.63) is 48.2 Å². The van der Waals surface area contributed by atoms with Gasteiger partial charge >= 0.3 is 0 Å². The minimum Gasteiger partial charge on any atom is -0.497 e. The SMILES string of the molecule is CCCCCCCC(=O)Nc1c(-c2ccc(OC)cc2)nc2ccc(C)cn12. The van der Waals surface area contributed by atoms with E-state index in [1.165, 1.54) is 19.3 Å². The van der Waals surface area contributed by atoms with Crippen LogP contribution in [0.2, 0.25) is 0 Å². The van der Waals surface area contributed by atoms with Gasteiger partial charge in [-0.1, -0.05) is 38.7 Å². The summed E-state index contributed by atoms with van der Waals surface area (Å²) in [6.45, 7) is 4.23. The van der Waals surface area contributed by atoms with Gasteiger partial charge in [-0.05, 0) is 49.2 Å². The van der Waals surface area contributed by atoms with Gasteiger partial charge in [0, 0.05) is 18.2 Å². The first-order chi connectivity index (χ1) is 13.6. The number of fused-ring (bicyclic) bond motifs is 1. The Bertz CT molecular complexity index is 929. The van der Waals surface area contributed by atoms with Crippen molar-refractivity contribution in [3.63, 3.8) is 0 Å². The van der Waals surface area contributed by atoms with Crippen molar-refractivity contribution in [1.29, 1.82) is 0 Å². The highest BCUT2D eigenvalue weighted by Crippen LogP contribution is 2.30. The summed E-state index contributed by atoms with van der Waals surface area (Å²) in [5.41, 5.74) is 3.64. The summed E-state index contributed by atoms with van der Waals surface area (Å²) in [7, 11) is 1.65. The maximum absolute atomic E-state index is 12.6. The van der Waals surface area contributed by atoms with Crippen molar-refractivity contribution < 1.29 is 9.53 Å². The van der Waals surface area contributed by atoms with E-state index in [-0.39, 0.29) is 5.91 Å². The number of pyridine rings is 1. The molecule has 5 nitrogen and oxygen atoms in total. The summed E-state index contributed by atoms with van der Waals surface area (Å²) < 4.78 is 7.21. The van der Waals surface area contributed by atoms with E-state index < -0.39 is 0 Å². The molecule has 2 aromatic heterocycles. The molecule has 0 bridgehead atoms. The molecule has 28 heavy (non-hydrogen) atoms. The van der Waals surface area contributed by atoms with Crippen LogP contribution in [0.5, 0.6) is 5.75 Å². The molecule has 0 saturated heterocycles. The van der Waals surface area contributed by atoms with E-state index in [0.29, 0.717) is 6.42 Å². The lowest BCUT2D eigenvalue weighted by Gasteiger charge is -2.09. The van der Waals surface area contributed by atoms with Gasteiger partial charge in [-0.3, -0.25) is 9.20 Å². The molecule has 3 rings (SSSR count). The summed E-state index contributed by atoms with van der Waals surface area (Å²) >= 11 is 0. The van der Waals surface area contributed by atoms with Gasteiger partial charge in [-0.15, -0.1) is 0 Å². The second kappa shape index (κ2) is 9.40. The highest BCUT2D eigenvalue weighted by Gasteiger charge is 2.16. The molecule has 0 radical (unpaired) electrons. The molecule has 0 aliphatic rings. The smallest absolute Gasteiger partial charge is 0.225 e. The Balaban J connectivity index is 1.85. The normalized spacial score (nSPS) is 11.0. The van der Waals surface area contributed by atoms with E-state index in [1.54, 1.807) is 7.11 Å². The molecule has 148 valence electrons. The van der Waals surface area contributed by atoms with Gasteiger partial charge in [0.1, 0.15) is 22.9 Å². The average molecular weight is 380 g/mol. The Hall–Kier alpha value is -2.82. The fourth-order valence-corrected chi connectivity index (χ4v) is 3.30. The van der Waals surface area contributed by atoms with Crippen molar-refractivity contribution in [2.45, 2.75) is 52.4 Å². The maximum Gasteiger partial charge on any atom is 0.225 e. The number of aromatic nitrogens is 2. The summed E-state index contributed by atoms with van der Waals surface area (Å²) in [5, 5.41) is 3.11. The molecule has 2 heterocycles. The van der Waals surface area contributed by atoms with Crippen LogP contribution in [0.15, 0.2) is 42.6 Å². The topological polar surface area (TPSA) is 55.6 Å². The first-order valence-electron chi connectivity index (χ1n) is 10.1. The van der Waals surface area contributed by atoms with Crippen LogP contribution < -0.4 is 10.1 Å². The molecule has 0 spiro atoms. The number of amides is 1. The van der Waals surface area contributed by atoms with E-state index in [9.17, 15) is 4.79 Å². The third kappa shape index (κ3) is 4.71. The lowest BCUT2D eigenvalue weighted by Crippen LogP contribution is -2.13. The molecule has 5 heteroatoms. The van der Waals surface area contributed by atoms with Gasteiger partial charge in [0.25, 0.3) is 0 Å². The van der Waals surface area contributed by atoms with Crippen LogP contribution in [0.1, 0.15) is 51.0 Å². The molecule has 0 saturated carbocycles. The summed E-state index contributed by atoms with van der Waals surface area (Å²) in [4.78, 5) is 17.3. The van der Waals surface area contributed by atoms with Gasteiger partial charge in [-0.25, -0.2) is 4.98 Å². The number of aryl methyl sites for hydroxylation is 1. The van der Waals surface area contributed by atoms with Crippen LogP contribution in [0, 0.1) is 6.92 Å². The van der Waals surface area contributed by atoms with E-state index >= 15 is 0 Å². The number of imidazole rings is 1. The zero-order chi connectivity index (χ0) is 19.9. The van der Waals surface area contributed by atoms with Gasteiger partial charge in [0.05, 0.1) is 7.11 Å². The minimum atomic E-state index is 0.0366. The highest BCUT2D eigenvalue weighted by molar-refractivity contribution is 5.94. The number of unbranched alkanes of at least 4 members (excludes halogenated alkanes) is 4. The molecule has 0 fully saturated rings. The number of hydrogen-bond acceptors (Lipinski definition) is 3. The van der Waals surface area contributed by atoms with E-state index in [4.69, 9.17) is 9.72 Å². The van der Waals surface area contributed by atoms with E-state index in [1.807, 2.05) is 53.9 Å². The van der Waals surface area contributed by atoms with Crippen LogP contribution in [0.4, 0.5) is 5.82 Å². The van der Waals surface area contributed by atoms with Gasteiger partial charge < -0.3 is 10.1 Å². The molecule has 1 aromatic carbocycles. The Morgan fingerprint density at radius 3 is 2.54 bits per heavy atom. The van der Waals surface area contributed by atoms with Gasteiger partial charge in [0.2, 0.25) is 5.91 Å². The fourth-order valence-electron chi connectivity index (χ4n) is 3.30. The van der Waals surface area contributed by atoms with Crippen LogP contribution >= 0.6 is 0 Å². The number of anilines is 1. The number of ether oxygens (including phenoxy) is 1. The van der Waals surface area contributed by atoms with Crippen molar-refractivity contribution >= 4 is 17.4 Å². The molecule has 1 N–H and O–H groups in total. The largest absolute Gasteiger partial charge is 0.497 e. The van der Waals surface area contributed by atoms with Crippen molar-refractivity contribution in [2.24, 2.45) is 0 Å². The van der Waals surface area contributed by atoms with E-state index in [0.717, 1.165) is 46.9 Å². The molecule has 3 aromatic rings. The Morgan fingerprint density at radius 1 is 1.07 bits per heavy atom. The maximum atomic E-state index is 12.6. The van der Waals surface area contributed by atoms with Crippen molar-refractivity contribution in [2.75, 3.05) is 12.4 Å². The molecule has 0 atom stereocenters.